The van der Waals surface area contributed by atoms with Gasteiger partial charge in [-0.2, -0.15) is 0 Å². The number of piperazine rings is 1. The number of aryl methyl sites for hydroxylation is 1. The average molecular weight is 538 g/mol. The molecule has 2 heterocycles. The van der Waals surface area contributed by atoms with Crippen molar-refractivity contribution in [3.8, 4) is 11.5 Å². The summed E-state index contributed by atoms with van der Waals surface area (Å²) in [7, 11) is 3.33. The van der Waals surface area contributed by atoms with E-state index < -0.39 is 0 Å². The number of amides is 1. The van der Waals surface area contributed by atoms with Crippen molar-refractivity contribution in [1.82, 2.24) is 14.4 Å². The highest BCUT2D eigenvalue weighted by molar-refractivity contribution is 5.87. The summed E-state index contributed by atoms with van der Waals surface area (Å²) in [5, 5.41) is 1.18. The van der Waals surface area contributed by atoms with E-state index in [0.29, 0.717) is 6.42 Å². The SMILES string of the molecule is CCn1cc([C@H](CC(=O)N2CCN(C/C=C/c3ccccc3)CC2)c2cc(OC)cc(OC)c2)c2ccccc21. The lowest BCUT2D eigenvalue weighted by Gasteiger charge is -2.35. The van der Waals surface area contributed by atoms with Crippen molar-refractivity contribution in [3.63, 3.8) is 0 Å². The molecule has 0 radical (unpaired) electrons. The number of nitrogens with zero attached hydrogens (tertiary/aromatic N) is 3. The van der Waals surface area contributed by atoms with E-state index in [4.69, 9.17) is 9.47 Å². The largest absolute Gasteiger partial charge is 0.497 e. The van der Waals surface area contributed by atoms with Gasteiger partial charge in [0, 0.05) is 74.8 Å². The summed E-state index contributed by atoms with van der Waals surface area (Å²) in [6.07, 6.45) is 6.98. The van der Waals surface area contributed by atoms with E-state index in [1.54, 1.807) is 14.2 Å². The van der Waals surface area contributed by atoms with Crippen LogP contribution in [0.2, 0.25) is 0 Å². The molecule has 1 atom stereocenters. The second-order valence-corrected chi connectivity index (χ2v) is 10.3. The van der Waals surface area contributed by atoms with Crippen molar-refractivity contribution >= 4 is 22.9 Å². The predicted octanol–water partition coefficient (Wildman–Crippen LogP) is 6.06. The highest BCUT2D eigenvalue weighted by Gasteiger charge is 2.28. The van der Waals surface area contributed by atoms with Gasteiger partial charge in [-0.3, -0.25) is 9.69 Å². The molecular formula is C34H39N3O3. The van der Waals surface area contributed by atoms with E-state index in [1.165, 1.54) is 16.5 Å². The first-order chi connectivity index (χ1) is 19.6. The lowest BCUT2D eigenvalue weighted by Crippen LogP contribution is -2.48. The quantitative estimate of drug-likeness (QED) is 0.247. The summed E-state index contributed by atoms with van der Waals surface area (Å²) >= 11 is 0. The molecule has 0 unspecified atom stereocenters. The van der Waals surface area contributed by atoms with Crippen LogP contribution in [0.3, 0.4) is 0 Å². The molecule has 1 aliphatic rings. The summed E-state index contributed by atoms with van der Waals surface area (Å²) in [6.45, 7) is 7.13. The van der Waals surface area contributed by atoms with Crippen molar-refractivity contribution < 1.29 is 14.3 Å². The van der Waals surface area contributed by atoms with Gasteiger partial charge in [0.05, 0.1) is 14.2 Å². The minimum Gasteiger partial charge on any atom is -0.497 e. The molecule has 0 aliphatic carbocycles. The molecule has 0 saturated carbocycles. The van der Waals surface area contributed by atoms with Crippen LogP contribution in [0.1, 0.15) is 36.0 Å². The number of carbonyl (C=O) groups excluding carboxylic acids is 1. The monoisotopic (exact) mass is 537 g/mol. The van der Waals surface area contributed by atoms with Gasteiger partial charge in [0.2, 0.25) is 5.91 Å². The molecule has 1 aliphatic heterocycles. The number of hydrogen-bond acceptors (Lipinski definition) is 4. The Kier molecular flexibility index (Phi) is 8.87. The van der Waals surface area contributed by atoms with E-state index in [1.807, 2.05) is 29.2 Å². The minimum atomic E-state index is -0.124. The summed E-state index contributed by atoms with van der Waals surface area (Å²) < 4.78 is 13.5. The standard InChI is InChI=1S/C34H39N3O3/c1-4-36-25-32(30-14-8-9-15-33(30)36)31(27-21-28(39-2)23-29(22-27)40-3)24-34(38)37-19-17-35(18-20-37)16-10-13-26-11-6-5-7-12-26/h5-15,21-23,25,31H,4,16-20,24H2,1-3H3/b13-10+/t31-/m1/s1. The maximum atomic E-state index is 13.8. The summed E-state index contributed by atoms with van der Waals surface area (Å²) in [5.74, 6) is 1.51. The molecule has 5 rings (SSSR count). The molecule has 1 amide bonds. The van der Waals surface area contributed by atoms with Crippen molar-refractivity contribution in [2.75, 3.05) is 46.9 Å². The third-order valence-electron chi connectivity index (χ3n) is 7.89. The van der Waals surface area contributed by atoms with Crippen LogP contribution in [0.25, 0.3) is 17.0 Å². The molecule has 1 saturated heterocycles. The van der Waals surface area contributed by atoms with E-state index in [0.717, 1.165) is 61.9 Å². The van der Waals surface area contributed by atoms with Crippen LogP contribution < -0.4 is 9.47 Å². The minimum absolute atomic E-state index is 0.124. The van der Waals surface area contributed by atoms with Crippen LogP contribution in [0.5, 0.6) is 11.5 Å². The Morgan fingerprint density at radius 2 is 1.57 bits per heavy atom. The van der Waals surface area contributed by atoms with Crippen molar-refractivity contribution in [3.05, 3.63) is 102 Å². The maximum Gasteiger partial charge on any atom is 0.223 e. The highest BCUT2D eigenvalue weighted by atomic mass is 16.5. The van der Waals surface area contributed by atoms with Gasteiger partial charge in [-0.15, -0.1) is 0 Å². The molecule has 208 valence electrons. The second kappa shape index (κ2) is 12.9. The number of aromatic nitrogens is 1. The molecule has 40 heavy (non-hydrogen) atoms. The lowest BCUT2D eigenvalue weighted by molar-refractivity contribution is -0.133. The van der Waals surface area contributed by atoms with Crippen LogP contribution in [-0.4, -0.2) is 67.2 Å². The Hall–Kier alpha value is -4.03. The van der Waals surface area contributed by atoms with Gasteiger partial charge in [-0.05, 0) is 41.8 Å². The molecule has 1 aromatic heterocycles. The first-order valence-electron chi connectivity index (χ1n) is 14.1. The number of benzene rings is 3. The van der Waals surface area contributed by atoms with E-state index >= 15 is 0 Å². The molecule has 4 aromatic rings. The van der Waals surface area contributed by atoms with Gasteiger partial charge in [0.15, 0.2) is 0 Å². The topological polar surface area (TPSA) is 46.9 Å². The number of methoxy groups -OCH3 is 2. The van der Waals surface area contributed by atoms with Gasteiger partial charge in [-0.1, -0.05) is 60.7 Å². The highest BCUT2D eigenvalue weighted by Crippen LogP contribution is 2.38. The number of carbonyl (C=O) groups is 1. The summed E-state index contributed by atoms with van der Waals surface area (Å²) in [4.78, 5) is 18.2. The normalized spacial score (nSPS) is 15.0. The zero-order valence-corrected chi connectivity index (χ0v) is 23.8. The van der Waals surface area contributed by atoms with Crippen LogP contribution in [0, 0.1) is 0 Å². The first-order valence-corrected chi connectivity index (χ1v) is 14.1. The number of hydrogen-bond donors (Lipinski definition) is 0. The smallest absolute Gasteiger partial charge is 0.223 e. The zero-order chi connectivity index (χ0) is 27.9. The fraction of sp³-hybridized carbons (Fsp3) is 0.324. The number of ether oxygens (including phenoxy) is 2. The van der Waals surface area contributed by atoms with E-state index in [9.17, 15) is 4.79 Å². The van der Waals surface area contributed by atoms with Gasteiger partial charge < -0.3 is 18.9 Å². The first kappa shape index (κ1) is 27.5. The Morgan fingerprint density at radius 1 is 0.900 bits per heavy atom. The van der Waals surface area contributed by atoms with E-state index in [2.05, 4.69) is 83.3 Å². The van der Waals surface area contributed by atoms with Gasteiger partial charge in [-0.25, -0.2) is 0 Å². The molecule has 0 N–H and O–H groups in total. The van der Waals surface area contributed by atoms with Gasteiger partial charge in [0.25, 0.3) is 0 Å². The van der Waals surface area contributed by atoms with Gasteiger partial charge in [0.1, 0.15) is 11.5 Å². The Morgan fingerprint density at radius 3 is 2.25 bits per heavy atom. The van der Waals surface area contributed by atoms with E-state index in [-0.39, 0.29) is 11.8 Å². The maximum absolute atomic E-state index is 13.8. The van der Waals surface area contributed by atoms with Crippen molar-refractivity contribution in [2.24, 2.45) is 0 Å². The van der Waals surface area contributed by atoms with Crippen LogP contribution in [0.4, 0.5) is 0 Å². The average Bonchev–Trinajstić information content (AvgIpc) is 3.39. The van der Waals surface area contributed by atoms with Crippen LogP contribution in [-0.2, 0) is 11.3 Å². The van der Waals surface area contributed by atoms with Crippen molar-refractivity contribution in [1.29, 1.82) is 0 Å². The molecule has 1 fully saturated rings. The van der Waals surface area contributed by atoms with Crippen LogP contribution in [0.15, 0.2) is 85.1 Å². The van der Waals surface area contributed by atoms with Crippen molar-refractivity contribution in [2.45, 2.75) is 25.8 Å². The fourth-order valence-corrected chi connectivity index (χ4v) is 5.64. The molecule has 6 nitrogen and oxygen atoms in total. The summed E-state index contributed by atoms with van der Waals surface area (Å²) in [6, 6.07) is 24.8. The Bertz CT molecular complexity index is 1430. The molecule has 6 heteroatoms. The second-order valence-electron chi connectivity index (χ2n) is 10.3. The predicted molar refractivity (Wildman–Crippen MR) is 162 cm³/mol. The lowest BCUT2D eigenvalue weighted by atomic mass is 9.87. The van der Waals surface area contributed by atoms with Crippen LogP contribution >= 0.6 is 0 Å². The molecule has 0 bridgehead atoms. The Labute approximate surface area is 237 Å². The Balaban J connectivity index is 1.35. The number of rotatable bonds is 10. The third-order valence-corrected chi connectivity index (χ3v) is 7.89. The molecule has 3 aromatic carbocycles. The fourth-order valence-electron chi connectivity index (χ4n) is 5.64. The third kappa shape index (κ3) is 6.23. The number of para-hydroxylation sites is 1. The molecular weight excluding hydrogens is 498 g/mol. The number of fused-ring (bicyclic) bond motifs is 1. The molecule has 0 spiro atoms. The van der Waals surface area contributed by atoms with Gasteiger partial charge >= 0.3 is 0 Å². The zero-order valence-electron chi connectivity index (χ0n) is 23.8. The summed E-state index contributed by atoms with van der Waals surface area (Å²) in [5.41, 5.74) is 4.57.